The maximum absolute atomic E-state index is 12.2. The first-order valence-corrected chi connectivity index (χ1v) is 12.0. The summed E-state index contributed by atoms with van der Waals surface area (Å²) in [6.07, 6.45) is 9.92. The maximum Gasteiger partial charge on any atom is 0.343 e. The van der Waals surface area contributed by atoms with Gasteiger partial charge in [0, 0.05) is 6.42 Å². The Bertz CT molecular complexity index is 937. The molecule has 7 nitrogen and oxygen atoms in total. The van der Waals surface area contributed by atoms with Gasteiger partial charge < -0.3 is 10.1 Å². The van der Waals surface area contributed by atoms with Crippen molar-refractivity contribution < 1.29 is 19.1 Å². The van der Waals surface area contributed by atoms with Gasteiger partial charge in [-0.3, -0.25) is 9.59 Å². The van der Waals surface area contributed by atoms with Crippen LogP contribution in [0.3, 0.4) is 0 Å². The minimum absolute atomic E-state index is 0.111. The van der Waals surface area contributed by atoms with E-state index in [0.717, 1.165) is 30.4 Å². The van der Waals surface area contributed by atoms with Crippen molar-refractivity contribution in [3.05, 3.63) is 65.2 Å². The van der Waals surface area contributed by atoms with Crippen molar-refractivity contribution in [3.8, 4) is 5.75 Å². The van der Waals surface area contributed by atoms with Crippen LogP contribution in [0.15, 0.2) is 53.6 Å². The molecule has 2 amide bonds. The summed E-state index contributed by atoms with van der Waals surface area (Å²) in [6.45, 7) is 4.03. The Hall–Kier alpha value is -3.48. The minimum Gasteiger partial charge on any atom is -0.423 e. The number of hydrogen-bond acceptors (Lipinski definition) is 5. The topological polar surface area (TPSA) is 96.9 Å². The highest BCUT2D eigenvalue weighted by molar-refractivity contribution is 5.91. The van der Waals surface area contributed by atoms with Gasteiger partial charge in [-0.25, -0.2) is 10.2 Å². The lowest BCUT2D eigenvalue weighted by atomic mass is 10.1. The van der Waals surface area contributed by atoms with E-state index in [1.54, 1.807) is 36.4 Å². The van der Waals surface area contributed by atoms with Crippen LogP contribution in [0.2, 0.25) is 0 Å². The molecule has 182 valence electrons. The van der Waals surface area contributed by atoms with Crippen molar-refractivity contribution in [2.24, 2.45) is 5.10 Å². The van der Waals surface area contributed by atoms with Gasteiger partial charge in [0.15, 0.2) is 0 Å². The molecular weight excluding hydrogens is 430 g/mol. The molecular formula is C27H35N3O4. The van der Waals surface area contributed by atoms with E-state index >= 15 is 0 Å². The minimum atomic E-state index is -0.428. The van der Waals surface area contributed by atoms with Gasteiger partial charge in [-0.15, -0.1) is 0 Å². The third-order valence-corrected chi connectivity index (χ3v) is 5.23. The van der Waals surface area contributed by atoms with Gasteiger partial charge in [-0.1, -0.05) is 63.1 Å². The Morgan fingerprint density at radius 2 is 1.50 bits per heavy atom. The van der Waals surface area contributed by atoms with E-state index < -0.39 is 11.9 Å². The normalized spacial score (nSPS) is 10.8. The average Bonchev–Trinajstić information content (AvgIpc) is 2.83. The Balaban J connectivity index is 1.63. The van der Waals surface area contributed by atoms with Crippen LogP contribution in [0.4, 0.5) is 0 Å². The van der Waals surface area contributed by atoms with Gasteiger partial charge in [0.2, 0.25) is 5.91 Å². The number of carbonyl (C=O) groups is 3. The van der Waals surface area contributed by atoms with Crippen LogP contribution in [0.25, 0.3) is 0 Å². The van der Waals surface area contributed by atoms with Crippen LogP contribution in [-0.2, 0) is 9.59 Å². The molecule has 34 heavy (non-hydrogen) atoms. The number of aryl methyl sites for hydroxylation is 1. The van der Waals surface area contributed by atoms with Crippen LogP contribution in [0.1, 0.15) is 79.8 Å². The largest absolute Gasteiger partial charge is 0.423 e. The van der Waals surface area contributed by atoms with Crippen molar-refractivity contribution in [3.63, 3.8) is 0 Å². The summed E-state index contributed by atoms with van der Waals surface area (Å²) in [5, 5.41) is 6.50. The van der Waals surface area contributed by atoms with Crippen LogP contribution >= 0.6 is 0 Å². The quantitative estimate of drug-likeness (QED) is 0.136. The number of esters is 1. The standard InChI is InChI=1S/C27H35N3O4/c1-3-4-5-6-7-8-9-10-25(31)28-20-26(32)30-29-19-22-13-17-24(18-14-22)34-27(33)23-15-11-21(2)12-16-23/h11-19H,3-10,20H2,1-2H3,(H,28,31)(H,30,32)/b29-19+. The Kier molecular flexibility index (Phi) is 12.1. The number of ether oxygens (including phenoxy) is 1. The number of nitrogens with zero attached hydrogens (tertiary/aromatic N) is 1. The van der Waals surface area contributed by atoms with Crippen LogP contribution in [0, 0.1) is 6.92 Å². The zero-order chi connectivity index (χ0) is 24.6. The molecule has 0 saturated heterocycles. The number of amides is 2. The first-order valence-electron chi connectivity index (χ1n) is 12.0. The fourth-order valence-corrected chi connectivity index (χ4v) is 3.21. The van der Waals surface area contributed by atoms with E-state index in [0.29, 0.717) is 17.7 Å². The highest BCUT2D eigenvalue weighted by Gasteiger charge is 2.08. The number of carbonyl (C=O) groups excluding carboxylic acids is 3. The molecule has 7 heteroatoms. The number of rotatable bonds is 14. The molecule has 0 spiro atoms. The lowest BCUT2D eigenvalue weighted by Gasteiger charge is -2.05. The molecule has 0 bridgehead atoms. The second-order valence-corrected chi connectivity index (χ2v) is 8.27. The molecule has 0 fully saturated rings. The lowest BCUT2D eigenvalue weighted by molar-refractivity contribution is -0.126. The van der Waals surface area contributed by atoms with Crippen molar-refractivity contribution in [1.82, 2.24) is 10.7 Å². The Labute approximate surface area is 202 Å². The molecule has 2 aromatic rings. The summed E-state index contributed by atoms with van der Waals surface area (Å²) in [6, 6.07) is 13.9. The van der Waals surface area contributed by atoms with E-state index in [1.807, 2.05) is 19.1 Å². The van der Waals surface area contributed by atoms with Crippen LogP contribution in [0.5, 0.6) is 5.75 Å². The molecule has 0 aromatic heterocycles. The molecule has 0 atom stereocenters. The fraction of sp³-hybridized carbons (Fsp3) is 0.407. The summed E-state index contributed by atoms with van der Waals surface area (Å²) in [5.41, 5.74) is 4.65. The molecule has 0 radical (unpaired) electrons. The Morgan fingerprint density at radius 3 is 2.18 bits per heavy atom. The van der Waals surface area contributed by atoms with E-state index in [4.69, 9.17) is 4.74 Å². The smallest absolute Gasteiger partial charge is 0.343 e. The summed E-state index contributed by atoms with van der Waals surface area (Å²) in [5.74, 6) is -0.533. The summed E-state index contributed by atoms with van der Waals surface area (Å²) in [4.78, 5) is 35.8. The van der Waals surface area contributed by atoms with Crippen LogP contribution in [-0.4, -0.2) is 30.5 Å². The molecule has 0 unspecified atom stereocenters. The second-order valence-electron chi connectivity index (χ2n) is 8.27. The molecule has 0 saturated carbocycles. The Morgan fingerprint density at radius 1 is 0.853 bits per heavy atom. The molecule has 0 aliphatic rings. The monoisotopic (exact) mass is 465 g/mol. The van der Waals surface area contributed by atoms with Crippen LogP contribution < -0.4 is 15.5 Å². The van der Waals surface area contributed by atoms with Crippen molar-refractivity contribution in [2.75, 3.05) is 6.54 Å². The molecule has 0 heterocycles. The first-order chi connectivity index (χ1) is 16.5. The average molecular weight is 466 g/mol. The SMILES string of the molecule is CCCCCCCCCC(=O)NCC(=O)N/N=C/c1ccc(OC(=O)c2ccc(C)cc2)cc1. The summed E-state index contributed by atoms with van der Waals surface area (Å²) in [7, 11) is 0. The predicted octanol–water partition coefficient (Wildman–Crippen LogP) is 4.92. The van der Waals surface area contributed by atoms with Crippen molar-refractivity contribution in [1.29, 1.82) is 0 Å². The zero-order valence-corrected chi connectivity index (χ0v) is 20.1. The van der Waals surface area contributed by atoms with E-state index in [-0.39, 0.29) is 12.5 Å². The van der Waals surface area contributed by atoms with Gasteiger partial charge in [-0.2, -0.15) is 5.10 Å². The number of nitrogens with one attached hydrogen (secondary N) is 2. The molecule has 2 N–H and O–H groups in total. The van der Waals surface area contributed by atoms with Crippen molar-refractivity contribution in [2.45, 2.75) is 65.2 Å². The first kappa shape index (κ1) is 26.8. The molecule has 0 aliphatic carbocycles. The van der Waals surface area contributed by atoms with E-state index in [2.05, 4.69) is 22.8 Å². The molecule has 0 aliphatic heterocycles. The predicted molar refractivity (Wildman–Crippen MR) is 134 cm³/mol. The van der Waals surface area contributed by atoms with Gasteiger partial charge in [0.05, 0.1) is 18.3 Å². The van der Waals surface area contributed by atoms with Gasteiger partial charge in [-0.05, 0) is 55.3 Å². The van der Waals surface area contributed by atoms with E-state index in [9.17, 15) is 14.4 Å². The highest BCUT2D eigenvalue weighted by Crippen LogP contribution is 2.14. The van der Waals surface area contributed by atoms with Gasteiger partial charge >= 0.3 is 5.97 Å². The zero-order valence-electron chi connectivity index (χ0n) is 20.1. The number of hydrazone groups is 1. The maximum atomic E-state index is 12.2. The lowest BCUT2D eigenvalue weighted by Crippen LogP contribution is -2.34. The second kappa shape index (κ2) is 15.4. The van der Waals surface area contributed by atoms with Gasteiger partial charge in [0.25, 0.3) is 5.91 Å². The van der Waals surface area contributed by atoms with Gasteiger partial charge in [0.1, 0.15) is 5.75 Å². The summed E-state index contributed by atoms with van der Waals surface area (Å²) >= 11 is 0. The fourth-order valence-electron chi connectivity index (χ4n) is 3.21. The summed E-state index contributed by atoms with van der Waals surface area (Å²) < 4.78 is 5.36. The molecule has 2 rings (SSSR count). The van der Waals surface area contributed by atoms with E-state index in [1.165, 1.54) is 31.9 Å². The number of benzene rings is 2. The van der Waals surface area contributed by atoms with Crippen molar-refractivity contribution >= 4 is 24.0 Å². The third kappa shape index (κ3) is 10.9. The number of unbranched alkanes of at least 4 members (excludes halogenated alkanes) is 6. The third-order valence-electron chi connectivity index (χ3n) is 5.23. The highest BCUT2D eigenvalue weighted by atomic mass is 16.5. The number of hydrogen-bond donors (Lipinski definition) is 2. The molecule has 2 aromatic carbocycles.